The highest BCUT2D eigenvalue weighted by molar-refractivity contribution is 5.71. The Balaban J connectivity index is 4.43. The number of hydrogen-bond donors (Lipinski definition) is 0. The van der Waals surface area contributed by atoms with Crippen molar-refractivity contribution in [2.45, 2.75) is 297 Å². The van der Waals surface area contributed by atoms with E-state index in [0.29, 0.717) is 19.3 Å². The molecule has 1 atom stereocenters. The second kappa shape index (κ2) is 57.4. The molecule has 6 heteroatoms. The molecule has 0 aliphatic heterocycles. The fourth-order valence-electron chi connectivity index (χ4n) is 8.30. The number of carbonyl (C=O) groups excluding carboxylic acids is 3. The lowest BCUT2D eigenvalue weighted by Gasteiger charge is -2.18. The van der Waals surface area contributed by atoms with E-state index in [2.05, 4.69) is 93.7 Å². The van der Waals surface area contributed by atoms with Crippen molar-refractivity contribution in [3.63, 3.8) is 0 Å². The van der Waals surface area contributed by atoms with Crippen molar-refractivity contribution in [2.24, 2.45) is 0 Å². The van der Waals surface area contributed by atoms with E-state index in [1.165, 1.54) is 167 Å². The van der Waals surface area contributed by atoms with Crippen LogP contribution in [-0.4, -0.2) is 37.2 Å². The molecule has 6 nitrogen and oxygen atoms in total. The van der Waals surface area contributed by atoms with E-state index in [1.807, 2.05) is 0 Å². The summed E-state index contributed by atoms with van der Waals surface area (Å²) in [6, 6.07) is 0. The maximum atomic E-state index is 12.9. The third kappa shape index (κ3) is 55.6. The number of allylic oxidation sites excluding steroid dienone is 12. The molecule has 0 N–H and O–H groups in total. The van der Waals surface area contributed by atoms with Gasteiger partial charge >= 0.3 is 17.9 Å². The van der Waals surface area contributed by atoms with Crippen LogP contribution in [0.4, 0.5) is 0 Å². The summed E-state index contributed by atoms with van der Waals surface area (Å²) in [5.74, 6) is -0.946. The molecule has 0 bridgehead atoms. The molecule has 0 spiro atoms. The Labute approximate surface area is 427 Å². The highest BCUT2D eigenvalue weighted by atomic mass is 16.6. The first kappa shape index (κ1) is 65.8. The Morgan fingerprint density at radius 2 is 0.580 bits per heavy atom. The van der Waals surface area contributed by atoms with Crippen molar-refractivity contribution < 1.29 is 28.6 Å². The standard InChI is InChI=1S/C63H110O6/c1-4-7-10-13-16-19-22-25-28-30-31-33-36-39-42-45-48-51-54-57-63(66)69-60(58-67-61(64)55-52-49-46-43-40-37-34-27-24-21-18-15-12-9-6-3)59-68-62(65)56-53-50-47-44-41-38-35-32-29-26-23-20-17-14-11-8-5-2/h8,11,17,20-21,24,26,29,35,38,44,47,60H,4-7,9-10,12-16,18-19,22-23,25,27-28,30-34,36-37,39-43,45-46,48-59H2,1-3H3/b11-8-,20-17-,24-21-,29-26-,38-35-,47-44-/t60-/m0/s1. The highest BCUT2D eigenvalue weighted by Gasteiger charge is 2.19. The summed E-state index contributed by atoms with van der Waals surface area (Å²) < 4.78 is 16.8. The summed E-state index contributed by atoms with van der Waals surface area (Å²) in [6.07, 6.45) is 73.3. The van der Waals surface area contributed by atoms with Gasteiger partial charge < -0.3 is 14.2 Å². The second-order valence-corrected chi connectivity index (χ2v) is 19.5. The quantitative estimate of drug-likeness (QED) is 0.0262. The van der Waals surface area contributed by atoms with Gasteiger partial charge in [-0.25, -0.2) is 0 Å². The van der Waals surface area contributed by atoms with Crippen molar-refractivity contribution in [1.82, 2.24) is 0 Å². The van der Waals surface area contributed by atoms with Crippen LogP contribution in [0.5, 0.6) is 0 Å². The number of carbonyl (C=O) groups is 3. The molecule has 398 valence electrons. The van der Waals surface area contributed by atoms with Crippen molar-refractivity contribution >= 4 is 17.9 Å². The average molecular weight is 964 g/mol. The Morgan fingerprint density at radius 3 is 0.971 bits per heavy atom. The third-order valence-electron chi connectivity index (χ3n) is 12.7. The summed E-state index contributed by atoms with van der Waals surface area (Å²) >= 11 is 0. The predicted octanol–water partition coefficient (Wildman–Crippen LogP) is 19.8. The van der Waals surface area contributed by atoms with Crippen molar-refractivity contribution in [1.29, 1.82) is 0 Å². The highest BCUT2D eigenvalue weighted by Crippen LogP contribution is 2.16. The van der Waals surface area contributed by atoms with Gasteiger partial charge in [0.1, 0.15) is 13.2 Å². The van der Waals surface area contributed by atoms with Crippen LogP contribution in [-0.2, 0) is 28.6 Å². The minimum atomic E-state index is -0.799. The maximum Gasteiger partial charge on any atom is 0.306 e. The van der Waals surface area contributed by atoms with Crippen LogP contribution in [0.2, 0.25) is 0 Å². The lowest BCUT2D eigenvalue weighted by atomic mass is 10.0. The number of esters is 3. The largest absolute Gasteiger partial charge is 0.462 e. The van der Waals surface area contributed by atoms with Gasteiger partial charge in [0.2, 0.25) is 0 Å². The van der Waals surface area contributed by atoms with E-state index < -0.39 is 6.10 Å². The van der Waals surface area contributed by atoms with Gasteiger partial charge in [0, 0.05) is 19.3 Å². The van der Waals surface area contributed by atoms with E-state index in [9.17, 15) is 14.4 Å². The lowest BCUT2D eigenvalue weighted by molar-refractivity contribution is -0.167. The van der Waals surface area contributed by atoms with Crippen LogP contribution in [0.25, 0.3) is 0 Å². The van der Waals surface area contributed by atoms with Crippen LogP contribution < -0.4 is 0 Å². The molecule has 0 heterocycles. The molecule has 69 heavy (non-hydrogen) atoms. The molecule has 0 radical (unpaired) electrons. The molecule has 0 aliphatic carbocycles. The monoisotopic (exact) mass is 963 g/mol. The van der Waals surface area contributed by atoms with Crippen LogP contribution in [0.1, 0.15) is 290 Å². The number of hydrogen-bond acceptors (Lipinski definition) is 6. The summed E-state index contributed by atoms with van der Waals surface area (Å²) in [4.78, 5) is 38.2. The Morgan fingerprint density at radius 1 is 0.304 bits per heavy atom. The molecular formula is C63H110O6. The van der Waals surface area contributed by atoms with Gasteiger partial charge in [-0.1, -0.05) is 261 Å². The van der Waals surface area contributed by atoms with Gasteiger partial charge in [-0.3, -0.25) is 14.4 Å². The van der Waals surface area contributed by atoms with Gasteiger partial charge in [0.25, 0.3) is 0 Å². The molecule has 0 fully saturated rings. The Bertz CT molecular complexity index is 1290. The van der Waals surface area contributed by atoms with Crippen molar-refractivity contribution in [2.75, 3.05) is 13.2 Å². The minimum Gasteiger partial charge on any atom is -0.462 e. The molecule has 0 aromatic carbocycles. The minimum absolute atomic E-state index is 0.0930. The van der Waals surface area contributed by atoms with Gasteiger partial charge in [-0.05, 0) is 83.5 Å². The predicted molar refractivity (Wildman–Crippen MR) is 298 cm³/mol. The zero-order valence-corrected chi connectivity index (χ0v) is 45.6. The molecular weight excluding hydrogens is 853 g/mol. The first-order valence-corrected chi connectivity index (χ1v) is 29.4. The molecule has 0 saturated carbocycles. The molecule has 0 amide bonds. The topological polar surface area (TPSA) is 78.9 Å². The van der Waals surface area contributed by atoms with E-state index in [1.54, 1.807) is 0 Å². The second-order valence-electron chi connectivity index (χ2n) is 19.5. The molecule has 0 saturated heterocycles. The Kier molecular flexibility index (Phi) is 54.8. The normalized spacial score (nSPS) is 12.6. The fourth-order valence-corrected chi connectivity index (χ4v) is 8.30. The third-order valence-corrected chi connectivity index (χ3v) is 12.7. The van der Waals surface area contributed by atoms with E-state index >= 15 is 0 Å². The van der Waals surface area contributed by atoms with Crippen molar-refractivity contribution in [3.8, 4) is 0 Å². The van der Waals surface area contributed by atoms with Crippen LogP contribution in [0.3, 0.4) is 0 Å². The summed E-state index contributed by atoms with van der Waals surface area (Å²) in [7, 11) is 0. The SMILES string of the molecule is CC/C=C\C/C=C\C/C=C\C/C=C\C/C=C\CCCC(=O)OC[C@H](COC(=O)CCCCCCCCC/C=C\CCCCCC)OC(=O)CCCCCCCCCCCCCCCCCCCCC. The molecule has 0 aliphatic rings. The zero-order chi connectivity index (χ0) is 50.0. The first-order chi connectivity index (χ1) is 34.0. The number of rotatable bonds is 53. The Hall–Kier alpha value is -3.15. The molecule has 0 unspecified atom stereocenters. The van der Waals surface area contributed by atoms with E-state index in [-0.39, 0.29) is 37.5 Å². The van der Waals surface area contributed by atoms with Crippen molar-refractivity contribution in [3.05, 3.63) is 72.9 Å². The lowest BCUT2D eigenvalue weighted by Crippen LogP contribution is -2.30. The van der Waals surface area contributed by atoms with Crippen LogP contribution in [0.15, 0.2) is 72.9 Å². The molecule has 0 aromatic heterocycles. The summed E-state index contributed by atoms with van der Waals surface area (Å²) in [5.41, 5.74) is 0. The van der Waals surface area contributed by atoms with Gasteiger partial charge in [0.15, 0.2) is 6.10 Å². The smallest absolute Gasteiger partial charge is 0.306 e. The number of ether oxygens (including phenoxy) is 3. The van der Waals surface area contributed by atoms with E-state index in [4.69, 9.17) is 14.2 Å². The molecule has 0 aromatic rings. The van der Waals surface area contributed by atoms with Crippen LogP contribution in [0, 0.1) is 0 Å². The maximum absolute atomic E-state index is 12.9. The number of unbranched alkanes of at least 4 members (excludes halogenated alkanes) is 30. The summed E-state index contributed by atoms with van der Waals surface area (Å²) in [6.45, 7) is 6.49. The van der Waals surface area contributed by atoms with Crippen LogP contribution >= 0.6 is 0 Å². The molecule has 0 rings (SSSR count). The van der Waals surface area contributed by atoms with Gasteiger partial charge in [0.05, 0.1) is 0 Å². The van der Waals surface area contributed by atoms with Gasteiger partial charge in [-0.15, -0.1) is 0 Å². The summed E-state index contributed by atoms with van der Waals surface area (Å²) in [5, 5.41) is 0. The average Bonchev–Trinajstić information content (AvgIpc) is 3.35. The van der Waals surface area contributed by atoms with E-state index in [0.717, 1.165) is 77.0 Å². The first-order valence-electron chi connectivity index (χ1n) is 29.4. The van der Waals surface area contributed by atoms with Gasteiger partial charge in [-0.2, -0.15) is 0 Å². The fraction of sp³-hybridized carbons (Fsp3) is 0.762. The zero-order valence-electron chi connectivity index (χ0n) is 45.6.